The van der Waals surface area contributed by atoms with E-state index in [4.69, 9.17) is 10.5 Å². The van der Waals surface area contributed by atoms with E-state index in [1.165, 1.54) is 0 Å². The quantitative estimate of drug-likeness (QED) is 0.796. The fourth-order valence-corrected chi connectivity index (χ4v) is 2.25. The molecule has 6 nitrogen and oxygen atoms in total. The predicted molar refractivity (Wildman–Crippen MR) is 77.2 cm³/mol. The highest BCUT2D eigenvalue weighted by molar-refractivity contribution is 5.80. The van der Waals surface area contributed by atoms with Gasteiger partial charge in [0.1, 0.15) is 11.9 Å². The van der Waals surface area contributed by atoms with Crippen LogP contribution in [0.5, 0.6) is 0 Å². The Labute approximate surface area is 119 Å². The number of amides is 1. The number of primary amides is 1. The van der Waals surface area contributed by atoms with Crippen LogP contribution in [0.3, 0.4) is 0 Å². The highest BCUT2D eigenvalue weighted by atomic mass is 16.5. The summed E-state index contributed by atoms with van der Waals surface area (Å²) >= 11 is 0. The maximum Gasteiger partial charge on any atom is 0.237 e. The molecule has 0 aromatic carbocycles. The molecule has 0 radical (unpaired) electrons. The van der Waals surface area contributed by atoms with Crippen LogP contribution in [0.1, 0.15) is 18.9 Å². The van der Waals surface area contributed by atoms with Crippen molar-refractivity contribution in [1.29, 1.82) is 0 Å². The summed E-state index contributed by atoms with van der Waals surface area (Å²) in [4.78, 5) is 17.8. The Morgan fingerprint density at radius 3 is 3.25 bits per heavy atom. The zero-order valence-corrected chi connectivity index (χ0v) is 11.8. The molecule has 1 aliphatic heterocycles. The summed E-state index contributed by atoms with van der Waals surface area (Å²) in [6.07, 6.45) is 2.84. The first-order valence-corrected chi connectivity index (χ1v) is 7.00. The highest BCUT2D eigenvalue weighted by Crippen LogP contribution is 2.14. The van der Waals surface area contributed by atoms with Gasteiger partial charge in [-0.3, -0.25) is 9.69 Å². The van der Waals surface area contributed by atoms with Gasteiger partial charge in [0, 0.05) is 25.8 Å². The van der Waals surface area contributed by atoms with Crippen LogP contribution in [-0.2, 0) is 16.1 Å². The first kappa shape index (κ1) is 14.7. The van der Waals surface area contributed by atoms with Crippen LogP contribution in [0.25, 0.3) is 0 Å². The molecule has 6 heteroatoms. The van der Waals surface area contributed by atoms with Crippen LogP contribution in [-0.4, -0.2) is 48.1 Å². The third-order valence-corrected chi connectivity index (χ3v) is 3.33. The second-order valence-corrected chi connectivity index (χ2v) is 4.94. The minimum atomic E-state index is -0.344. The molecule has 1 unspecified atom stereocenters. The summed E-state index contributed by atoms with van der Waals surface area (Å²) in [6, 6.07) is 3.64. The van der Waals surface area contributed by atoms with Crippen molar-refractivity contribution in [3.05, 3.63) is 23.9 Å². The average molecular weight is 278 g/mol. The molecule has 1 aliphatic rings. The number of nitrogens with one attached hydrogen (secondary N) is 1. The SMILES string of the molecule is CCCNc1cc(CN2CCOCC2C(N)=O)ccn1. The lowest BCUT2D eigenvalue weighted by Gasteiger charge is -2.33. The van der Waals surface area contributed by atoms with Crippen LogP contribution in [0.4, 0.5) is 5.82 Å². The minimum Gasteiger partial charge on any atom is -0.378 e. The van der Waals surface area contributed by atoms with Crippen LogP contribution >= 0.6 is 0 Å². The van der Waals surface area contributed by atoms with Crippen molar-refractivity contribution in [1.82, 2.24) is 9.88 Å². The Morgan fingerprint density at radius 2 is 2.50 bits per heavy atom. The van der Waals surface area contributed by atoms with Crippen molar-refractivity contribution in [2.75, 3.05) is 31.6 Å². The van der Waals surface area contributed by atoms with Gasteiger partial charge in [-0.15, -0.1) is 0 Å². The van der Waals surface area contributed by atoms with E-state index in [9.17, 15) is 4.79 Å². The lowest BCUT2D eigenvalue weighted by Crippen LogP contribution is -2.51. The molecule has 1 atom stereocenters. The van der Waals surface area contributed by atoms with Gasteiger partial charge in [-0.2, -0.15) is 0 Å². The molecular formula is C14H22N4O2. The van der Waals surface area contributed by atoms with E-state index >= 15 is 0 Å². The number of carbonyl (C=O) groups excluding carboxylic acids is 1. The zero-order valence-electron chi connectivity index (χ0n) is 11.8. The van der Waals surface area contributed by atoms with Crippen LogP contribution in [0.2, 0.25) is 0 Å². The maximum absolute atomic E-state index is 11.4. The highest BCUT2D eigenvalue weighted by Gasteiger charge is 2.27. The standard InChI is InChI=1S/C14H22N4O2/c1-2-4-16-13-8-11(3-5-17-13)9-18-6-7-20-10-12(18)14(15)19/h3,5,8,12H,2,4,6-7,9-10H2,1H3,(H2,15,19)(H,16,17). The molecule has 1 saturated heterocycles. The van der Waals surface area contributed by atoms with Gasteiger partial charge in [0.25, 0.3) is 0 Å². The molecule has 0 bridgehead atoms. The molecule has 0 spiro atoms. The fourth-order valence-electron chi connectivity index (χ4n) is 2.25. The lowest BCUT2D eigenvalue weighted by molar-refractivity contribution is -0.129. The van der Waals surface area contributed by atoms with Crippen molar-refractivity contribution in [3.63, 3.8) is 0 Å². The smallest absolute Gasteiger partial charge is 0.237 e. The molecule has 2 rings (SSSR count). The van der Waals surface area contributed by atoms with Gasteiger partial charge in [-0.1, -0.05) is 6.92 Å². The Morgan fingerprint density at radius 1 is 1.65 bits per heavy atom. The van der Waals surface area contributed by atoms with Gasteiger partial charge in [0.2, 0.25) is 5.91 Å². The van der Waals surface area contributed by atoms with Crippen LogP contribution in [0.15, 0.2) is 18.3 Å². The van der Waals surface area contributed by atoms with E-state index in [1.807, 2.05) is 12.1 Å². The van der Waals surface area contributed by atoms with Gasteiger partial charge in [0.05, 0.1) is 13.2 Å². The minimum absolute atomic E-state index is 0.330. The fraction of sp³-hybridized carbons (Fsp3) is 0.571. The van der Waals surface area contributed by atoms with E-state index in [1.54, 1.807) is 6.20 Å². The maximum atomic E-state index is 11.4. The number of nitrogens with two attached hydrogens (primary N) is 1. The number of ether oxygens (including phenoxy) is 1. The van der Waals surface area contributed by atoms with Crippen molar-refractivity contribution >= 4 is 11.7 Å². The normalized spacial score (nSPS) is 19.8. The zero-order chi connectivity index (χ0) is 14.4. The summed E-state index contributed by atoms with van der Waals surface area (Å²) in [6.45, 7) is 5.42. The van der Waals surface area contributed by atoms with E-state index in [0.29, 0.717) is 26.3 Å². The van der Waals surface area contributed by atoms with Crippen molar-refractivity contribution in [2.45, 2.75) is 25.9 Å². The summed E-state index contributed by atoms with van der Waals surface area (Å²) in [5.41, 5.74) is 6.54. The van der Waals surface area contributed by atoms with Crippen LogP contribution < -0.4 is 11.1 Å². The van der Waals surface area contributed by atoms with Gasteiger partial charge < -0.3 is 15.8 Å². The second kappa shape index (κ2) is 7.21. The number of aromatic nitrogens is 1. The summed E-state index contributed by atoms with van der Waals surface area (Å²) in [5.74, 6) is 0.538. The van der Waals surface area contributed by atoms with E-state index < -0.39 is 0 Å². The Bertz CT molecular complexity index is 453. The number of carbonyl (C=O) groups is 1. The number of hydrogen-bond donors (Lipinski definition) is 2. The third-order valence-electron chi connectivity index (χ3n) is 3.33. The average Bonchev–Trinajstić information content (AvgIpc) is 2.46. The predicted octanol–water partition coefficient (Wildman–Crippen LogP) is 0.590. The first-order valence-electron chi connectivity index (χ1n) is 7.00. The van der Waals surface area contributed by atoms with Crippen LogP contribution in [0, 0.1) is 0 Å². The summed E-state index contributed by atoms with van der Waals surface area (Å²) < 4.78 is 5.32. The second-order valence-electron chi connectivity index (χ2n) is 4.94. The molecule has 0 aliphatic carbocycles. The first-order chi connectivity index (χ1) is 9.70. The molecule has 2 heterocycles. The number of hydrogen-bond acceptors (Lipinski definition) is 5. The van der Waals surface area contributed by atoms with E-state index in [-0.39, 0.29) is 11.9 Å². The summed E-state index contributed by atoms with van der Waals surface area (Å²) in [5, 5.41) is 3.26. The van der Waals surface area contributed by atoms with Crippen molar-refractivity contribution in [2.24, 2.45) is 5.73 Å². The van der Waals surface area contributed by atoms with E-state index in [0.717, 1.165) is 24.3 Å². The largest absolute Gasteiger partial charge is 0.378 e. The number of rotatable bonds is 6. The van der Waals surface area contributed by atoms with Gasteiger partial charge in [-0.05, 0) is 24.1 Å². The van der Waals surface area contributed by atoms with Crippen molar-refractivity contribution < 1.29 is 9.53 Å². The van der Waals surface area contributed by atoms with Crippen molar-refractivity contribution in [3.8, 4) is 0 Å². The Balaban J connectivity index is 2.02. The Kier molecular flexibility index (Phi) is 5.31. The molecular weight excluding hydrogens is 256 g/mol. The topological polar surface area (TPSA) is 80.5 Å². The monoisotopic (exact) mass is 278 g/mol. The molecule has 20 heavy (non-hydrogen) atoms. The number of anilines is 1. The molecule has 110 valence electrons. The lowest BCUT2D eigenvalue weighted by atomic mass is 10.1. The molecule has 3 N–H and O–H groups in total. The molecule has 1 aromatic rings. The third kappa shape index (κ3) is 3.91. The number of morpholine rings is 1. The van der Waals surface area contributed by atoms with Gasteiger partial charge in [-0.25, -0.2) is 4.98 Å². The number of pyridine rings is 1. The summed E-state index contributed by atoms with van der Waals surface area (Å²) in [7, 11) is 0. The molecule has 1 fully saturated rings. The molecule has 1 amide bonds. The van der Waals surface area contributed by atoms with E-state index in [2.05, 4.69) is 22.1 Å². The molecule has 1 aromatic heterocycles. The van der Waals surface area contributed by atoms with Gasteiger partial charge >= 0.3 is 0 Å². The molecule has 0 saturated carbocycles. The van der Waals surface area contributed by atoms with Gasteiger partial charge in [0.15, 0.2) is 0 Å². The number of nitrogens with zero attached hydrogens (tertiary/aromatic N) is 2. The Hall–Kier alpha value is -1.66.